The zero-order valence-corrected chi connectivity index (χ0v) is 16.4. The molecule has 0 spiro atoms. The number of rotatable bonds is 3. The zero-order chi connectivity index (χ0) is 19.7. The average molecular weight is 352 g/mol. The lowest BCUT2D eigenvalue weighted by molar-refractivity contribution is -0.130. The molecule has 0 atom stereocenters. The molecule has 3 heteroatoms. The van der Waals surface area contributed by atoms with Crippen LogP contribution in [0.25, 0.3) is 11.6 Å². The predicted molar refractivity (Wildman–Crippen MR) is 107 cm³/mol. The first kappa shape index (κ1) is 19.8. The van der Waals surface area contributed by atoms with Gasteiger partial charge < -0.3 is 10.2 Å². The van der Waals surface area contributed by atoms with Crippen LogP contribution in [0.3, 0.4) is 0 Å². The number of hydrogen-bond donors (Lipinski definition) is 2. The molecule has 0 radical (unpaired) electrons. The zero-order valence-electron chi connectivity index (χ0n) is 16.4. The Morgan fingerprint density at radius 2 is 1.35 bits per heavy atom. The van der Waals surface area contributed by atoms with E-state index in [4.69, 9.17) is 0 Å². The highest BCUT2D eigenvalue weighted by Crippen LogP contribution is 2.40. The molecule has 0 aromatic heterocycles. The van der Waals surface area contributed by atoms with Crippen molar-refractivity contribution in [3.8, 4) is 5.75 Å². The van der Waals surface area contributed by atoms with Crippen molar-refractivity contribution in [3.05, 3.63) is 64.7 Å². The lowest BCUT2D eigenvalue weighted by Crippen LogP contribution is -2.17. The van der Waals surface area contributed by atoms with Gasteiger partial charge in [0, 0.05) is 11.1 Å². The van der Waals surface area contributed by atoms with Crippen LogP contribution < -0.4 is 0 Å². The van der Waals surface area contributed by atoms with Gasteiger partial charge in [-0.15, -0.1) is 0 Å². The molecule has 0 saturated carbocycles. The van der Waals surface area contributed by atoms with Gasteiger partial charge in [0.15, 0.2) is 0 Å². The van der Waals surface area contributed by atoms with Crippen LogP contribution in [0.2, 0.25) is 0 Å². The monoisotopic (exact) mass is 352 g/mol. The normalized spacial score (nSPS) is 12.9. The second-order valence-electron chi connectivity index (χ2n) is 8.69. The van der Waals surface area contributed by atoms with Crippen LogP contribution in [-0.4, -0.2) is 16.2 Å². The van der Waals surface area contributed by atoms with Gasteiger partial charge in [0.2, 0.25) is 0 Å². The molecular weight excluding hydrogens is 324 g/mol. The number of phenolic OH excluding ortho intramolecular Hbond substituents is 1. The van der Waals surface area contributed by atoms with Crippen LogP contribution in [0.1, 0.15) is 63.8 Å². The molecule has 0 unspecified atom stereocenters. The Bertz CT molecular complexity index is 797. The van der Waals surface area contributed by atoms with Crippen LogP contribution >= 0.6 is 0 Å². The smallest absolute Gasteiger partial charge is 0.336 e. The van der Waals surface area contributed by atoms with Gasteiger partial charge in [-0.3, -0.25) is 0 Å². The Labute approximate surface area is 156 Å². The van der Waals surface area contributed by atoms with Gasteiger partial charge in [-0.2, -0.15) is 0 Å². The molecule has 26 heavy (non-hydrogen) atoms. The molecule has 3 nitrogen and oxygen atoms in total. The Hall–Kier alpha value is -2.55. The minimum atomic E-state index is -0.973. The molecule has 0 fully saturated rings. The minimum absolute atomic E-state index is 0.232. The topological polar surface area (TPSA) is 57.5 Å². The van der Waals surface area contributed by atoms with E-state index in [1.165, 1.54) is 0 Å². The van der Waals surface area contributed by atoms with Gasteiger partial charge in [-0.1, -0.05) is 71.9 Å². The highest BCUT2D eigenvalue weighted by Gasteiger charge is 2.26. The van der Waals surface area contributed by atoms with E-state index in [0.717, 1.165) is 16.7 Å². The van der Waals surface area contributed by atoms with Crippen molar-refractivity contribution in [1.29, 1.82) is 0 Å². The molecule has 0 bridgehead atoms. The van der Waals surface area contributed by atoms with E-state index in [0.29, 0.717) is 11.3 Å². The van der Waals surface area contributed by atoms with E-state index >= 15 is 0 Å². The maximum absolute atomic E-state index is 11.8. The van der Waals surface area contributed by atoms with E-state index in [2.05, 4.69) is 0 Å². The van der Waals surface area contributed by atoms with Crippen LogP contribution in [0.15, 0.2) is 42.5 Å². The molecule has 2 aromatic carbocycles. The van der Waals surface area contributed by atoms with E-state index in [-0.39, 0.29) is 16.4 Å². The van der Waals surface area contributed by atoms with E-state index in [1.54, 1.807) is 18.2 Å². The van der Waals surface area contributed by atoms with E-state index in [9.17, 15) is 15.0 Å². The molecule has 0 aliphatic heterocycles. The summed E-state index contributed by atoms with van der Waals surface area (Å²) >= 11 is 0. The van der Waals surface area contributed by atoms with Crippen molar-refractivity contribution in [3.63, 3.8) is 0 Å². The van der Waals surface area contributed by atoms with Crippen LogP contribution in [0.4, 0.5) is 0 Å². The second kappa shape index (κ2) is 6.99. The van der Waals surface area contributed by atoms with Crippen molar-refractivity contribution in [2.75, 3.05) is 0 Å². The number of hydrogen-bond acceptors (Lipinski definition) is 2. The molecule has 2 rings (SSSR count). The molecule has 138 valence electrons. The number of carboxylic acid groups (broad SMARTS) is 1. The second-order valence-corrected chi connectivity index (χ2v) is 8.69. The molecule has 2 N–H and O–H groups in total. The molecule has 0 heterocycles. The maximum Gasteiger partial charge on any atom is 0.336 e. The van der Waals surface area contributed by atoms with E-state index < -0.39 is 5.97 Å². The summed E-state index contributed by atoms with van der Waals surface area (Å²) in [6, 6.07) is 12.9. The lowest BCUT2D eigenvalue weighted by Gasteiger charge is -2.28. The molecule has 0 amide bonds. The minimum Gasteiger partial charge on any atom is -0.507 e. The summed E-state index contributed by atoms with van der Waals surface area (Å²) in [7, 11) is 0. The van der Waals surface area contributed by atoms with Crippen molar-refractivity contribution < 1.29 is 15.0 Å². The Kier molecular flexibility index (Phi) is 5.31. The van der Waals surface area contributed by atoms with Gasteiger partial charge in [0.1, 0.15) is 5.75 Å². The summed E-state index contributed by atoms with van der Waals surface area (Å²) in [5, 5.41) is 20.5. The van der Waals surface area contributed by atoms with Crippen LogP contribution in [0.5, 0.6) is 5.75 Å². The number of carboxylic acids is 1. The fourth-order valence-electron chi connectivity index (χ4n) is 2.94. The lowest BCUT2D eigenvalue weighted by atomic mass is 9.78. The fourth-order valence-corrected chi connectivity index (χ4v) is 2.94. The predicted octanol–water partition coefficient (Wildman–Crippen LogP) is 5.61. The first-order valence-corrected chi connectivity index (χ1v) is 8.79. The third-order valence-corrected chi connectivity index (χ3v) is 4.37. The largest absolute Gasteiger partial charge is 0.507 e. The van der Waals surface area contributed by atoms with Gasteiger partial charge in [-0.05, 0) is 40.2 Å². The van der Waals surface area contributed by atoms with Gasteiger partial charge in [0.25, 0.3) is 0 Å². The number of aromatic hydroxyl groups is 1. The summed E-state index contributed by atoms with van der Waals surface area (Å²) in [5.41, 5.74) is 2.77. The molecule has 0 saturated heterocycles. The first-order valence-electron chi connectivity index (χ1n) is 8.79. The molecule has 0 aliphatic carbocycles. The number of phenols is 1. The standard InChI is InChI=1S/C23H28O3/c1-22(2,3)18-13-15(14-19(20(18)24)23(4,5)6)12-17(21(25)26)16-10-8-7-9-11-16/h7-14,24H,1-6H3,(H,25,26). The van der Waals surface area contributed by atoms with Gasteiger partial charge in [0.05, 0.1) is 5.57 Å². The Morgan fingerprint density at radius 3 is 1.73 bits per heavy atom. The van der Waals surface area contributed by atoms with Crippen molar-refractivity contribution in [2.45, 2.75) is 52.4 Å². The summed E-state index contributed by atoms with van der Waals surface area (Å²) in [5.74, 6) is -0.683. The number of benzene rings is 2. The summed E-state index contributed by atoms with van der Waals surface area (Å²) in [4.78, 5) is 11.8. The SMILES string of the molecule is CC(C)(C)c1cc(C=C(C(=O)O)c2ccccc2)cc(C(C)(C)C)c1O. The Morgan fingerprint density at radius 1 is 0.885 bits per heavy atom. The molecule has 2 aromatic rings. The number of aliphatic carboxylic acids is 1. The van der Waals surface area contributed by atoms with Crippen LogP contribution in [0, 0.1) is 0 Å². The average Bonchev–Trinajstić information content (AvgIpc) is 2.52. The highest BCUT2D eigenvalue weighted by molar-refractivity contribution is 6.20. The van der Waals surface area contributed by atoms with Crippen molar-refractivity contribution in [2.24, 2.45) is 0 Å². The summed E-state index contributed by atoms with van der Waals surface area (Å²) in [6.45, 7) is 12.2. The summed E-state index contributed by atoms with van der Waals surface area (Å²) < 4.78 is 0. The number of carbonyl (C=O) groups is 1. The maximum atomic E-state index is 11.8. The third-order valence-electron chi connectivity index (χ3n) is 4.37. The highest BCUT2D eigenvalue weighted by atomic mass is 16.4. The van der Waals surface area contributed by atoms with Crippen LogP contribution in [-0.2, 0) is 15.6 Å². The first-order chi connectivity index (χ1) is 11.9. The van der Waals surface area contributed by atoms with Gasteiger partial charge in [-0.25, -0.2) is 4.79 Å². The van der Waals surface area contributed by atoms with Crippen molar-refractivity contribution in [1.82, 2.24) is 0 Å². The molecule has 0 aliphatic rings. The van der Waals surface area contributed by atoms with E-state index in [1.807, 2.05) is 71.9 Å². The quantitative estimate of drug-likeness (QED) is 0.557. The fraction of sp³-hybridized carbons (Fsp3) is 0.348. The van der Waals surface area contributed by atoms with Gasteiger partial charge >= 0.3 is 5.97 Å². The summed E-state index contributed by atoms with van der Waals surface area (Å²) in [6.07, 6.45) is 1.68. The molecular formula is C23H28O3. The van der Waals surface area contributed by atoms with Crippen molar-refractivity contribution >= 4 is 17.6 Å². The third kappa shape index (κ3) is 4.34. The Balaban J connectivity index is 2.74.